The molecule has 16 rings (SSSR count). The number of hydrogen-bond donors (Lipinski definition) is 0. The lowest BCUT2D eigenvalue weighted by Gasteiger charge is -2.45. The van der Waals surface area contributed by atoms with E-state index in [9.17, 15) is 0 Å². The van der Waals surface area contributed by atoms with Crippen molar-refractivity contribution in [2.24, 2.45) is 0 Å². The predicted molar refractivity (Wildman–Crippen MR) is 376 cm³/mol. The second kappa shape index (κ2) is 16.6. The van der Waals surface area contributed by atoms with E-state index >= 15 is 0 Å². The van der Waals surface area contributed by atoms with Gasteiger partial charge < -0.3 is 13.7 Å². The Kier molecular flexibility index (Phi) is 10.4. The van der Waals surface area contributed by atoms with Crippen molar-refractivity contribution in [3.63, 3.8) is 0 Å². The van der Waals surface area contributed by atoms with Gasteiger partial charge in [0.1, 0.15) is 0 Å². The number of benzene rings is 9. The van der Waals surface area contributed by atoms with Crippen LogP contribution in [0.4, 0.5) is 0 Å². The third-order valence-electron chi connectivity index (χ3n) is 21.4. The number of fused-ring (bicyclic) bond motifs is 18. The summed E-state index contributed by atoms with van der Waals surface area (Å²) in [5, 5.41) is 8.13. The van der Waals surface area contributed by atoms with E-state index in [-0.39, 0.29) is 44.6 Å². The predicted octanol–water partition coefficient (Wildman–Crippen LogP) is 19.9. The lowest BCUT2D eigenvalue weighted by molar-refractivity contribution is 0.583. The van der Waals surface area contributed by atoms with Crippen LogP contribution in [0.3, 0.4) is 0 Å². The summed E-state index contributed by atoms with van der Waals surface area (Å²) in [5.41, 5.74) is 32.6. The van der Waals surface area contributed by atoms with E-state index in [2.05, 4.69) is 299 Å². The van der Waals surface area contributed by atoms with Gasteiger partial charge in [-0.05, 0) is 181 Å². The molecule has 0 saturated heterocycles. The molecule has 0 atom stereocenters. The molecule has 0 bridgehead atoms. The standard InChI is InChI=1S/C83H86BN3/c1-76(2,3)45-25-30-51(31-26-45)85-64-35-29-46(77(4,5)6)37-56(64)68-67(85)44-63-75-70(68)69-57(82(19,20)21)23-22-24-65(69)86(75)66-36-34-58-74-71(66)84(63)62-43-50(81(16,17)18)39-55-54-38-49(80(13,14)15)42-61(72(54)87(74)73(55)62)83(58)59-40-47(78(7,8)9)27-32-52(59)53-33-28-48(41-60(53)83)79(10,11)12/h22-44H,1-21H3. The summed E-state index contributed by atoms with van der Waals surface area (Å²) >= 11 is 0. The van der Waals surface area contributed by atoms with Gasteiger partial charge in [-0.2, -0.15) is 0 Å². The average molecular weight is 1140 g/mol. The summed E-state index contributed by atoms with van der Waals surface area (Å²) in [4.78, 5) is 0. The second-order valence-electron chi connectivity index (χ2n) is 34.3. The fourth-order valence-electron chi connectivity index (χ4n) is 16.7. The zero-order valence-corrected chi connectivity index (χ0v) is 55.7. The highest BCUT2D eigenvalue weighted by Gasteiger charge is 2.56. The lowest BCUT2D eigenvalue weighted by atomic mass is 9.33. The third kappa shape index (κ3) is 7.08. The van der Waals surface area contributed by atoms with Crippen LogP contribution in [0.25, 0.3) is 93.6 Å². The molecule has 0 radical (unpaired) electrons. The van der Waals surface area contributed by atoms with Crippen LogP contribution in [-0.2, 0) is 43.3 Å². The van der Waals surface area contributed by atoms with E-state index in [1.54, 1.807) is 0 Å². The Hall–Kier alpha value is -7.56. The number of rotatable bonds is 1. The molecular weight excluding hydrogens is 1050 g/mol. The molecule has 9 aromatic carbocycles. The van der Waals surface area contributed by atoms with Crippen LogP contribution in [0.15, 0.2) is 140 Å². The Morgan fingerprint density at radius 1 is 0.322 bits per heavy atom. The highest BCUT2D eigenvalue weighted by Crippen LogP contribution is 2.63. The van der Waals surface area contributed by atoms with Crippen molar-refractivity contribution in [3.05, 3.63) is 201 Å². The van der Waals surface area contributed by atoms with Crippen LogP contribution in [0.5, 0.6) is 0 Å². The molecule has 87 heavy (non-hydrogen) atoms. The minimum absolute atomic E-state index is 0.0193. The van der Waals surface area contributed by atoms with Crippen molar-refractivity contribution in [3.8, 4) is 28.2 Å². The Bertz CT molecular complexity index is 5040. The number of nitrogens with zero attached hydrogens (tertiary/aromatic N) is 3. The van der Waals surface area contributed by atoms with E-state index < -0.39 is 5.41 Å². The first-order valence-electron chi connectivity index (χ1n) is 32.5. The van der Waals surface area contributed by atoms with E-state index in [1.807, 2.05) is 0 Å². The number of hydrogen-bond acceptors (Lipinski definition) is 0. The van der Waals surface area contributed by atoms with Gasteiger partial charge in [-0.15, -0.1) is 0 Å². The average Bonchev–Trinajstić information content (AvgIpc) is 1.53. The monoisotopic (exact) mass is 1140 g/mol. The molecule has 3 nitrogen and oxygen atoms in total. The summed E-state index contributed by atoms with van der Waals surface area (Å²) < 4.78 is 8.24. The molecule has 6 heterocycles. The molecule has 0 unspecified atom stereocenters. The maximum Gasteiger partial charge on any atom is 0.252 e. The minimum atomic E-state index is -0.648. The quantitative estimate of drug-likeness (QED) is 0.146. The highest BCUT2D eigenvalue weighted by molar-refractivity contribution is 7.00. The molecular formula is C83H86BN3. The maximum atomic E-state index is 2.83. The molecule has 12 aromatic rings. The molecule has 1 aliphatic carbocycles. The Labute approximate surface area is 516 Å². The van der Waals surface area contributed by atoms with Crippen LogP contribution in [0.1, 0.15) is 207 Å². The summed E-state index contributed by atoms with van der Waals surface area (Å²) in [6.07, 6.45) is 0. The number of aromatic nitrogens is 3. The van der Waals surface area contributed by atoms with Gasteiger partial charge in [-0.25, -0.2) is 0 Å². The Balaban J connectivity index is 1.17. The summed E-state index contributed by atoms with van der Waals surface area (Å²) in [6, 6.07) is 57.9. The molecule has 4 heteroatoms. The van der Waals surface area contributed by atoms with Crippen LogP contribution < -0.4 is 16.4 Å². The van der Waals surface area contributed by atoms with Crippen molar-refractivity contribution < 1.29 is 0 Å². The van der Waals surface area contributed by atoms with E-state index in [0.717, 1.165) is 0 Å². The van der Waals surface area contributed by atoms with Gasteiger partial charge in [-0.1, -0.05) is 230 Å². The molecule has 0 N–H and O–H groups in total. The summed E-state index contributed by atoms with van der Waals surface area (Å²) in [6.45, 7) is 50.2. The van der Waals surface area contributed by atoms with Gasteiger partial charge in [-0.3, -0.25) is 0 Å². The minimum Gasteiger partial charge on any atom is -0.310 e. The van der Waals surface area contributed by atoms with Crippen LogP contribution in [0.2, 0.25) is 0 Å². The highest BCUT2D eigenvalue weighted by atomic mass is 15.1. The van der Waals surface area contributed by atoms with Crippen molar-refractivity contribution in [1.82, 2.24) is 13.7 Å². The summed E-state index contributed by atoms with van der Waals surface area (Å²) in [7, 11) is 0. The van der Waals surface area contributed by atoms with Crippen molar-refractivity contribution in [2.75, 3.05) is 0 Å². The molecule has 4 aliphatic rings. The van der Waals surface area contributed by atoms with Crippen molar-refractivity contribution >= 4 is 88.5 Å². The van der Waals surface area contributed by atoms with Crippen LogP contribution in [-0.4, -0.2) is 20.4 Å². The fourth-order valence-corrected chi connectivity index (χ4v) is 16.7. The SMILES string of the molecule is CC(C)(C)c1ccc(-n2c3ccc(C(C)(C)C)cc3c3c4c5c(C(C)(C)C)cccc5n5c4c(cc32)B2c3c-5ccc4c3-n3c5c2cc(C(C)(C)C)cc5c2cc(C(C)(C)C)cc(c23)C42c3cc(C(C)(C)C)ccc3-c3ccc(C(C)(C)C)cc32)cc1. The van der Waals surface area contributed by atoms with E-state index in [1.165, 1.54) is 171 Å². The molecule has 436 valence electrons. The topological polar surface area (TPSA) is 14.8 Å². The van der Waals surface area contributed by atoms with Crippen LogP contribution in [0, 0.1) is 0 Å². The zero-order chi connectivity index (χ0) is 61.5. The largest absolute Gasteiger partial charge is 0.310 e. The normalized spacial score (nSPS) is 15.3. The van der Waals surface area contributed by atoms with Gasteiger partial charge in [0.2, 0.25) is 0 Å². The Morgan fingerprint density at radius 3 is 1.40 bits per heavy atom. The van der Waals surface area contributed by atoms with Crippen molar-refractivity contribution in [2.45, 2.75) is 189 Å². The Morgan fingerprint density at radius 2 is 0.828 bits per heavy atom. The lowest BCUT2D eigenvalue weighted by Crippen LogP contribution is -2.60. The molecule has 0 fully saturated rings. The molecule has 0 amide bonds. The summed E-state index contributed by atoms with van der Waals surface area (Å²) in [5.74, 6) is 0. The third-order valence-corrected chi connectivity index (χ3v) is 21.4. The van der Waals surface area contributed by atoms with Gasteiger partial charge in [0.05, 0.1) is 33.0 Å². The first kappa shape index (κ1) is 54.8. The maximum absolute atomic E-state index is 2.83. The molecule has 3 aromatic heterocycles. The molecule has 3 aliphatic heterocycles. The van der Waals surface area contributed by atoms with Gasteiger partial charge in [0.25, 0.3) is 6.71 Å². The van der Waals surface area contributed by atoms with Gasteiger partial charge >= 0.3 is 0 Å². The molecule has 1 spiro atoms. The van der Waals surface area contributed by atoms with Gasteiger partial charge in [0, 0.05) is 54.9 Å². The molecule has 0 saturated carbocycles. The zero-order valence-electron chi connectivity index (χ0n) is 55.7. The van der Waals surface area contributed by atoms with Gasteiger partial charge in [0.15, 0.2) is 0 Å². The van der Waals surface area contributed by atoms with Crippen molar-refractivity contribution in [1.29, 1.82) is 0 Å². The fraction of sp³-hybridized carbons (Fsp3) is 0.349. The first-order valence-corrected chi connectivity index (χ1v) is 32.5. The smallest absolute Gasteiger partial charge is 0.252 e. The van der Waals surface area contributed by atoms with E-state index in [4.69, 9.17) is 0 Å². The second-order valence-corrected chi connectivity index (χ2v) is 34.3. The first-order chi connectivity index (χ1) is 40.6. The van der Waals surface area contributed by atoms with E-state index in [0.29, 0.717) is 0 Å². The van der Waals surface area contributed by atoms with Crippen LogP contribution >= 0.6 is 0 Å².